The molecule has 0 aliphatic heterocycles. The monoisotopic (exact) mass is 347 g/mol. The van der Waals surface area contributed by atoms with Crippen LogP contribution in [0.3, 0.4) is 0 Å². The number of carbonyl (C=O) groups excluding carboxylic acids is 1. The largest absolute Gasteiger partial charge is 0.391 e. The third kappa shape index (κ3) is 4.27. The van der Waals surface area contributed by atoms with E-state index in [0.29, 0.717) is 18.5 Å². The molecule has 17 heavy (non-hydrogen) atoms. The normalized spacial score (nSPS) is 12.2. The maximum atomic E-state index is 11.9. The van der Waals surface area contributed by atoms with Crippen LogP contribution in [0.25, 0.3) is 0 Å². The van der Waals surface area contributed by atoms with Crippen LogP contribution < -0.4 is 5.32 Å². The molecule has 0 aromatic heterocycles. The van der Waals surface area contributed by atoms with E-state index in [1.54, 1.807) is 6.07 Å². The first-order valence-electron chi connectivity index (χ1n) is 5.77. The molecule has 0 fully saturated rings. The highest BCUT2D eigenvalue weighted by Gasteiger charge is 2.11. The lowest BCUT2D eigenvalue weighted by Gasteiger charge is -2.12. The van der Waals surface area contributed by atoms with E-state index in [9.17, 15) is 9.90 Å². The number of halogens is 1. The Balaban J connectivity index is 2.61. The van der Waals surface area contributed by atoms with Gasteiger partial charge in [-0.15, -0.1) is 0 Å². The Morgan fingerprint density at radius 2 is 2.24 bits per heavy atom. The van der Waals surface area contributed by atoms with Crippen LogP contribution in [0, 0.1) is 10.5 Å². The highest BCUT2D eigenvalue weighted by atomic mass is 127. The third-order valence-corrected chi connectivity index (χ3v) is 3.80. The lowest BCUT2D eigenvalue weighted by molar-refractivity contribution is 0.0909. The number of carbonyl (C=O) groups is 1. The van der Waals surface area contributed by atoms with Gasteiger partial charge in [0.15, 0.2) is 0 Å². The number of benzene rings is 1. The van der Waals surface area contributed by atoms with Gasteiger partial charge in [0.1, 0.15) is 0 Å². The number of hydrogen-bond donors (Lipinski definition) is 2. The van der Waals surface area contributed by atoms with Gasteiger partial charge in [-0.3, -0.25) is 4.79 Å². The van der Waals surface area contributed by atoms with E-state index in [2.05, 4.69) is 27.9 Å². The number of aliphatic hydroxyl groups is 1. The van der Waals surface area contributed by atoms with Crippen LogP contribution >= 0.6 is 22.6 Å². The number of amides is 1. The van der Waals surface area contributed by atoms with Crippen molar-refractivity contribution in [3.8, 4) is 0 Å². The van der Waals surface area contributed by atoms with Crippen molar-refractivity contribution < 1.29 is 9.90 Å². The molecule has 4 heteroatoms. The summed E-state index contributed by atoms with van der Waals surface area (Å²) in [6, 6.07) is 5.64. The fourth-order valence-corrected chi connectivity index (χ4v) is 2.09. The summed E-state index contributed by atoms with van der Waals surface area (Å²) in [5.74, 6) is -0.115. The summed E-state index contributed by atoms with van der Waals surface area (Å²) in [7, 11) is 0. The molecule has 0 aliphatic carbocycles. The van der Waals surface area contributed by atoms with Crippen molar-refractivity contribution >= 4 is 28.5 Å². The van der Waals surface area contributed by atoms with Crippen molar-refractivity contribution in [2.75, 3.05) is 6.54 Å². The predicted molar refractivity (Wildman–Crippen MR) is 77.1 cm³/mol. The van der Waals surface area contributed by atoms with Gasteiger partial charge in [0.2, 0.25) is 0 Å². The zero-order chi connectivity index (χ0) is 12.8. The Morgan fingerprint density at radius 1 is 1.53 bits per heavy atom. The first-order chi connectivity index (χ1) is 8.06. The quantitative estimate of drug-likeness (QED) is 0.804. The number of rotatable bonds is 5. The summed E-state index contributed by atoms with van der Waals surface area (Å²) in [6.45, 7) is 4.26. The SMILES string of the molecule is CCCC(O)CNC(=O)c1cccc(I)c1C. The van der Waals surface area contributed by atoms with Crippen molar-refractivity contribution in [2.24, 2.45) is 0 Å². The molecule has 1 aromatic rings. The van der Waals surface area contributed by atoms with Crippen molar-refractivity contribution in [3.63, 3.8) is 0 Å². The van der Waals surface area contributed by atoms with Crippen molar-refractivity contribution in [3.05, 3.63) is 32.9 Å². The Morgan fingerprint density at radius 3 is 2.88 bits per heavy atom. The van der Waals surface area contributed by atoms with Crippen LogP contribution in [-0.4, -0.2) is 23.7 Å². The minimum absolute atomic E-state index is 0.115. The fourth-order valence-electron chi connectivity index (χ4n) is 1.59. The number of aliphatic hydroxyl groups excluding tert-OH is 1. The van der Waals surface area contributed by atoms with Crippen LogP contribution in [0.2, 0.25) is 0 Å². The average molecular weight is 347 g/mol. The molecule has 2 N–H and O–H groups in total. The molecule has 0 radical (unpaired) electrons. The van der Waals surface area contributed by atoms with E-state index >= 15 is 0 Å². The molecular formula is C13H18INO2. The fraction of sp³-hybridized carbons (Fsp3) is 0.462. The molecule has 0 bridgehead atoms. The molecule has 1 aromatic carbocycles. The molecule has 1 rings (SSSR count). The van der Waals surface area contributed by atoms with Gasteiger partial charge < -0.3 is 10.4 Å². The Hall–Kier alpha value is -0.620. The summed E-state index contributed by atoms with van der Waals surface area (Å²) >= 11 is 2.21. The van der Waals surface area contributed by atoms with Crippen molar-refractivity contribution in [1.82, 2.24) is 5.32 Å². The summed E-state index contributed by atoms with van der Waals surface area (Å²) in [5, 5.41) is 12.3. The van der Waals surface area contributed by atoms with Gasteiger partial charge in [0.25, 0.3) is 5.91 Å². The molecule has 1 atom stereocenters. The molecule has 94 valence electrons. The highest BCUT2D eigenvalue weighted by molar-refractivity contribution is 14.1. The molecule has 0 heterocycles. The third-order valence-electron chi connectivity index (χ3n) is 2.63. The van der Waals surface area contributed by atoms with E-state index < -0.39 is 6.10 Å². The zero-order valence-corrected chi connectivity index (χ0v) is 12.3. The van der Waals surface area contributed by atoms with Crippen LogP contribution in [0.4, 0.5) is 0 Å². The minimum Gasteiger partial charge on any atom is -0.391 e. The first kappa shape index (κ1) is 14.4. The average Bonchev–Trinajstić information content (AvgIpc) is 2.30. The summed E-state index contributed by atoms with van der Waals surface area (Å²) < 4.78 is 1.07. The second-order valence-electron chi connectivity index (χ2n) is 4.06. The standard InChI is InChI=1S/C13H18INO2/c1-3-5-10(16)8-15-13(17)11-6-4-7-12(14)9(11)2/h4,6-7,10,16H,3,5,8H2,1-2H3,(H,15,17). The second kappa shape index (κ2) is 6.96. The van der Waals surface area contributed by atoms with E-state index in [-0.39, 0.29) is 5.91 Å². The maximum absolute atomic E-state index is 11.9. The first-order valence-corrected chi connectivity index (χ1v) is 6.85. The molecule has 0 saturated heterocycles. The van der Waals surface area contributed by atoms with Crippen LogP contribution in [0.5, 0.6) is 0 Å². The molecule has 1 unspecified atom stereocenters. The van der Waals surface area contributed by atoms with Gasteiger partial charge in [-0.2, -0.15) is 0 Å². The van der Waals surface area contributed by atoms with Gasteiger partial charge in [0.05, 0.1) is 6.10 Å². The van der Waals surface area contributed by atoms with E-state index in [1.807, 2.05) is 26.0 Å². The maximum Gasteiger partial charge on any atom is 0.251 e. The Bertz CT molecular complexity index is 393. The lowest BCUT2D eigenvalue weighted by atomic mass is 10.1. The van der Waals surface area contributed by atoms with E-state index in [0.717, 1.165) is 15.6 Å². The molecule has 3 nitrogen and oxygen atoms in total. The summed E-state index contributed by atoms with van der Waals surface area (Å²) in [5.41, 5.74) is 1.66. The topological polar surface area (TPSA) is 49.3 Å². The Kier molecular flexibility index (Phi) is 5.91. The second-order valence-corrected chi connectivity index (χ2v) is 5.23. The lowest BCUT2D eigenvalue weighted by Crippen LogP contribution is -2.32. The van der Waals surface area contributed by atoms with Crippen LogP contribution in [0.15, 0.2) is 18.2 Å². The van der Waals surface area contributed by atoms with Crippen molar-refractivity contribution in [1.29, 1.82) is 0 Å². The summed E-state index contributed by atoms with van der Waals surface area (Å²) in [4.78, 5) is 11.9. The highest BCUT2D eigenvalue weighted by Crippen LogP contribution is 2.15. The van der Waals surface area contributed by atoms with Crippen LogP contribution in [-0.2, 0) is 0 Å². The predicted octanol–water partition coefficient (Wildman–Crippen LogP) is 2.49. The number of hydrogen-bond acceptors (Lipinski definition) is 2. The van der Waals surface area contributed by atoms with Gasteiger partial charge >= 0.3 is 0 Å². The molecular weight excluding hydrogens is 329 g/mol. The smallest absolute Gasteiger partial charge is 0.251 e. The van der Waals surface area contributed by atoms with Gasteiger partial charge in [0, 0.05) is 15.7 Å². The zero-order valence-electron chi connectivity index (χ0n) is 10.2. The number of nitrogens with one attached hydrogen (secondary N) is 1. The van der Waals surface area contributed by atoms with E-state index in [4.69, 9.17) is 0 Å². The Labute approximate surface area is 116 Å². The van der Waals surface area contributed by atoms with Gasteiger partial charge in [-0.05, 0) is 53.6 Å². The molecule has 0 saturated carbocycles. The molecule has 0 spiro atoms. The summed E-state index contributed by atoms with van der Waals surface area (Å²) in [6.07, 6.45) is 1.18. The molecule has 0 aliphatic rings. The minimum atomic E-state index is -0.452. The molecule has 1 amide bonds. The van der Waals surface area contributed by atoms with Gasteiger partial charge in [-0.25, -0.2) is 0 Å². The van der Waals surface area contributed by atoms with Gasteiger partial charge in [-0.1, -0.05) is 19.4 Å². The van der Waals surface area contributed by atoms with Crippen molar-refractivity contribution in [2.45, 2.75) is 32.8 Å². The van der Waals surface area contributed by atoms with E-state index in [1.165, 1.54) is 0 Å². The van der Waals surface area contributed by atoms with Crippen LogP contribution in [0.1, 0.15) is 35.7 Å².